The van der Waals surface area contributed by atoms with E-state index in [1.807, 2.05) is 0 Å². The molecule has 2 heterocycles. The highest BCUT2D eigenvalue weighted by Gasteiger charge is 2.22. The molecule has 0 aliphatic carbocycles. The van der Waals surface area contributed by atoms with Crippen LogP contribution in [0.1, 0.15) is 36.3 Å². The van der Waals surface area contributed by atoms with Crippen molar-refractivity contribution in [2.45, 2.75) is 30.4 Å². The normalized spacial score (nSPS) is 16.3. The van der Waals surface area contributed by atoms with Crippen molar-refractivity contribution in [3.8, 4) is 0 Å². The standard InChI is InChI=1S/C18H24N4O4S/c1-14-7-10-22(11-8-14)12-9-19-17(23)18-20-16(21-26-18)13-27(24,25)15-5-3-2-4-6-15/h2-6,14H,7-13H2,1H3,(H,19,23). The monoisotopic (exact) mass is 392 g/mol. The Labute approximate surface area is 158 Å². The van der Waals surface area contributed by atoms with E-state index >= 15 is 0 Å². The highest BCUT2D eigenvalue weighted by molar-refractivity contribution is 7.90. The van der Waals surface area contributed by atoms with Gasteiger partial charge in [0.05, 0.1) is 4.90 Å². The first kappa shape index (κ1) is 19.5. The van der Waals surface area contributed by atoms with Crippen molar-refractivity contribution in [3.63, 3.8) is 0 Å². The smallest absolute Gasteiger partial charge is 0.315 e. The molecule has 146 valence electrons. The molecule has 1 aromatic heterocycles. The van der Waals surface area contributed by atoms with Gasteiger partial charge in [0.1, 0.15) is 5.75 Å². The minimum absolute atomic E-state index is 0.0333. The number of hydrogen-bond acceptors (Lipinski definition) is 7. The fraction of sp³-hybridized carbons (Fsp3) is 0.500. The third-order valence-corrected chi connectivity index (χ3v) is 6.30. The Morgan fingerprint density at radius 3 is 2.67 bits per heavy atom. The SMILES string of the molecule is CC1CCN(CCNC(=O)c2nc(CS(=O)(=O)c3ccccc3)no2)CC1. The molecule has 1 aliphatic heterocycles. The number of likely N-dealkylation sites (tertiary alicyclic amines) is 1. The number of nitrogens with one attached hydrogen (secondary N) is 1. The Morgan fingerprint density at radius 2 is 1.96 bits per heavy atom. The molecule has 1 saturated heterocycles. The zero-order valence-corrected chi connectivity index (χ0v) is 16.1. The number of aromatic nitrogens is 2. The van der Waals surface area contributed by atoms with Crippen LogP contribution in [0.25, 0.3) is 0 Å². The predicted molar refractivity (Wildman–Crippen MR) is 98.8 cm³/mol. The summed E-state index contributed by atoms with van der Waals surface area (Å²) < 4.78 is 29.6. The third kappa shape index (κ3) is 5.36. The second kappa shape index (κ2) is 8.62. The molecule has 1 aromatic carbocycles. The third-order valence-electron chi connectivity index (χ3n) is 4.67. The average molecular weight is 392 g/mol. The molecule has 1 amide bonds. The summed E-state index contributed by atoms with van der Waals surface area (Å²) in [6.45, 7) is 5.58. The molecule has 0 unspecified atom stereocenters. The molecule has 0 spiro atoms. The van der Waals surface area contributed by atoms with Gasteiger partial charge >= 0.3 is 11.8 Å². The summed E-state index contributed by atoms with van der Waals surface area (Å²) in [7, 11) is -3.59. The van der Waals surface area contributed by atoms with Crippen molar-refractivity contribution >= 4 is 15.7 Å². The van der Waals surface area contributed by atoms with Crippen LogP contribution in [-0.4, -0.2) is 55.5 Å². The van der Waals surface area contributed by atoms with E-state index in [1.54, 1.807) is 18.2 Å². The Hall–Kier alpha value is -2.26. The molecule has 0 atom stereocenters. The predicted octanol–water partition coefficient (Wildman–Crippen LogP) is 1.51. The Morgan fingerprint density at radius 1 is 1.26 bits per heavy atom. The van der Waals surface area contributed by atoms with Crippen LogP contribution in [-0.2, 0) is 15.6 Å². The maximum Gasteiger partial charge on any atom is 0.315 e. The molecule has 9 heteroatoms. The molecule has 27 heavy (non-hydrogen) atoms. The van der Waals surface area contributed by atoms with E-state index in [0.717, 1.165) is 25.6 Å². The number of carbonyl (C=O) groups excluding carboxylic acids is 1. The lowest BCUT2D eigenvalue weighted by Gasteiger charge is -2.29. The Balaban J connectivity index is 1.50. The summed E-state index contributed by atoms with van der Waals surface area (Å²) in [4.78, 5) is 18.5. The Bertz CT molecular complexity index is 858. The van der Waals surface area contributed by atoms with Gasteiger partial charge in [0, 0.05) is 13.1 Å². The maximum absolute atomic E-state index is 12.3. The Kier molecular flexibility index (Phi) is 6.22. The first-order valence-corrected chi connectivity index (χ1v) is 10.7. The highest BCUT2D eigenvalue weighted by atomic mass is 32.2. The number of carbonyl (C=O) groups is 1. The molecule has 0 saturated carbocycles. The summed E-state index contributed by atoms with van der Waals surface area (Å²) in [5, 5.41) is 6.36. The van der Waals surface area contributed by atoms with Gasteiger partial charge in [-0.15, -0.1) is 0 Å². The average Bonchev–Trinajstić information content (AvgIpc) is 3.12. The van der Waals surface area contributed by atoms with Gasteiger partial charge in [-0.25, -0.2) is 8.42 Å². The lowest BCUT2D eigenvalue weighted by atomic mass is 9.99. The number of sulfone groups is 1. The van der Waals surface area contributed by atoms with Crippen LogP contribution in [0.5, 0.6) is 0 Å². The first-order valence-electron chi connectivity index (χ1n) is 9.05. The molecule has 2 aromatic rings. The van der Waals surface area contributed by atoms with E-state index in [-0.39, 0.29) is 16.6 Å². The summed E-state index contributed by atoms with van der Waals surface area (Å²) in [5.41, 5.74) is 0. The molecular formula is C18H24N4O4S. The first-order chi connectivity index (χ1) is 12.9. The van der Waals surface area contributed by atoms with Gasteiger partial charge < -0.3 is 14.7 Å². The van der Waals surface area contributed by atoms with Crippen LogP contribution in [0.15, 0.2) is 39.8 Å². The fourth-order valence-corrected chi connectivity index (χ4v) is 4.17. The number of hydrogen-bond donors (Lipinski definition) is 1. The summed E-state index contributed by atoms with van der Waals surface area (Å²) in [6.07, 6.45) is 2.35. The number of benzene rings is 1. The van der Waals surface area contributed by atoms with Crippen molar-refractivity contribution in [1.29, 1.82) is 0 Å². The van der Waals surface area contributed by atoms with Crippen molar-refractivity contribution in [2.24, 2.45) is 5.92 Å². The lowest BCUT2D eigenvalue weighted by molar-refractivity contribution is 0.0901. The minimum Gasteiger partial charge on any atom is -0.347 e. The zero-order valence-electron chi connectivity index (χ0n) is 15.3. The van der Waals surface area contributed by atoms with E-state index in [0.29, 0.717) is 6.54 Å². The summed E-state index contributed by atoms with van der Waals surface area (Å²) in [5.74, 6) is -0.398. The van der Waals surface area contributed by atoms with Crippen molar-refractivity contribution < 1.29 is 17.7 Å². The van der Waals surface area contributed by atoms with Crippen LogP contribution in [0.4, 0.5) is 0 Å². The van der Waals surface area contributed by atoms with Gasteiger partial charge in [-0.05, 0) is 44.0 Å². The summed E-state index contributed by atoms with van der Waals surface area (Å²) in [6, 6.07) is 8.03. The van der Waals surface area contributed by atoms with E-state index in [2.05, 4.69) is 27.3 Å². The van der Waals surface area contributed by atoms with Crippen molar-refractivity contribution in [2.75, 3.05) is 26.2 Å². The summed E-state index contributed by atoms with van der Waals surface area (Å²) >= 11 is 0. The van der Waals surface area contributed by atoms with Crippen LogP contribution in [0.3, 0.4) is 0 Å². The maximum atomic E-state index is 12.3. The number of rotatable bonds is 7. The zero-order chi connectivity index (χ0) is 19.3. The van der Waals surface area contributed by atoms with Crippen LogP contribution in [0.2, 0.25) is 0 Å². The van der Waals surface area contributed by atoms with Crippen LogP contribution in [0, 0.1) is 5.92 Å². The molecule has 8 nitrogen and oxygen atoms in total. The van der Waals surface area contributed by atoms with Gasteiger partial charge in [0.15, 0.2) is 15.7 Å². The second-order valence-electron chi connectivity index (χ2n) is 6.87. The van der Waals surface area contributed by atoms with E-state index in [4.69, 9.17) is 4.52 Å². The molecule has 3 rings (SSSR count). The van der Waals surface area contributed by atoms with Crippen LogP contribution >= 0.6 is 0 Å². The van der Waals surface area contributed by atoms with Gasteiger partial charge in [-0.1, -0.05) is 30.3 Å². The van der Waals surface area contributed by atoms with Crippen molar-refractivity contribution in [1.82, 2.24) is 20.4 Å². The van der Waals surface area contributed by atoms with E-state index in [1.165, 1.54) is 25.0 Å². The van der Waals surface area contributed by atoms with Gasteiger partial charge in [0.2, 0.25) is 0 Å². The lowest BCUT2D eigenvalue weighted by Crippen LogP contribution is -2.39. The van der Waals surface area contributed by atoms with Gasteiger partial charge in [-0.2, -0.15) is 4.98 Å². The van der Waals surface area contributed by atoms with E-state index in [9.17, 15) is 13.2 Å². The minimum atomic E-state index is -3.59. The molecule has 0 radical (unpaired) electrons. The highest BCUT2D eigenvalue weighted by Crippen LogP contribution is 2.16. The van der Waals surface area contributed by atoms with E-state index < -0.39 is 21.5 Å². The largest absolute Gasteiger partial charge is 0.347 e. The molecule has 0 bridgehead atoms. The fourth-order valence-electron chi connectivity index (χ4n) is 2.97. The van der Waals surface area contributed by atoms with Gasteiger partial charge in [0.25, 0.3) is 0 Å². The molecule has 1 fully saturated rings. The second-order valence-corrected chi connectivity index (χ2v) is 8.86. The molecule has 1 N–H and O–H groups in total. The number of piperidine rings is 1. The van der Waals surface area contributed by atoms with Gasteiger partial charge in [-0.3, -0.25) is 4.79 Å². The number of amides is 1. The quantitative estimate of drug-likeness (QED) is 0.761. The topological polar surface area (TPSA) is 105 Å². The molecule has 1 aliphatic rings. The van der Waals surface area contributed by atoms with Crippen molar-refractivity contribution in [3.05, 3.63) is 42.0 Å². The number of nitrogens with zero attached hydrogens (tertiary/aromatic N) is 3. The molecular weight excluding hydrogens is 368 g/mol. The van der Waals surface area contributed by atoms with Crippen LogP contribution < -0.4 is 5.32 Å².